The number of hydrogen-bond donors (Lipinski definition) is 0. The highest BCUT2D eigenvalue weighted by molar-refractivity contribution is 5.78. The Balaban J connectivity index is 3.53. The van der Waals surface area contributed by atoms with Crippen LogP contribution in [0.2, 0.25) is 0 Å². The number of carbonyl (C=O) groups is 1. The molecule has 0 unspecified atom stereocenters. The van der Waals surface area contributed by atoms with E-state index in [1.807, 2.05) is 0 Å². The minimum absolute atomic E-state index is 0.0482. The van der Waals surface area contributed by atoms with Gasteiger partial charge in [0.25, 0.3) is 0 Å². The minimum Gasteiger partial charge on any atom is -0.300 e. The maximum atomic E-state index is 11.5. The Bertz CT molecular complexity index is 187. The van der Waals surface area contributed by atoms with Crippen LogP contribution in [0.15, 0.2) is 0 Å². The third-order valence-electron chi connectivity index (χ3n) is 1.24. The van der Waals surface area contributed by atoms with E-state index in [9.17, 15) is 18.0 Å². The number of halogens is 3. The second-order valence-electron chi connectivity index (χ2n) is 2.36. The first kappa shape index (κ1) is 11.0. The topological polar surface area (TPSA) is 17.1 Å². The van der Waals surface area contributed by atoms with Gasteiger partial charge >= 0.3 is 6.18 Å². The molecule has 0 aliphatic rings. The van der Waals surface area contributed by atoms with E-state index in [0.717, 1.165) is 0 Å². The van der Waals surface area contributed by atoms with Crippen molar-refractivity contribution in [2.24, 2.45) is 0 Å². The first-order valence-electron chi connectivity index (χ1n) is 3.47. The summed E-state index contributed by atoms with van der Waals surface area (Å²) in [4.78, 5) is 10.7. The van der Waals surface area contributed by atoms with Crippen LogP contribution < -0.4 is 0 Å². The van der Waals surface area contributed by atoms with Gasteiger partial charge < -0.3 is 0 Å². The molecule has 4 heteroatoms. The van der Waals surface area contributed by atoms with E-state index < -0.39 is 24.8 Å². The van der Waals surface area contributed by atoms with Gasteiger partial charge in [0, 0.05) is 19.3 Å². The molecule has 1 nitrogen and oxygen atoms in total. The van der Waals surface area contributed by atoms with Crippen molar-refractivity contribution in [2.45, 2.75) is 31.9 Å². The van der Waals surface area contributed by atoms with E-state index in [4.69, 9.17) is 6.42 Å². The summed E-state index contributed by atoms with van der Waals surface area (Å²) < 4.78 is 34.6. The monoisotopic (exact) mass is 178 g/mol. The molecule has 0 rings (SSSR count). The van der Waals surface area contributed by atoms with Gasteiger partial charge in [0.1, 0.15) is 5.78 Å². The average molecular weight is 178 g/mol. The van der Waals surface area contributed by atoms with E-state index in [2.05, 4.69) is 5.92 Å². The summed E-state index contributed by atoms with van der Waals surface area (Å²) in [7, 11) is 0. The van der Waals surface area contributed by atoms with Crippen molar-refractivity contribution < 1.29 is 18.0 Å². The predicted molar refractivity (Wildman–Crippen MR) is 38.4 cm³/mol. The van der Waals surface area contributed by atoms with Crippen molar-refractivity contribution in [3.8, 4) is 12.3 Å². The third kappa shape index (κ3) is 7.13. The van der Waals surface area contributed by atoms with Crippen LogP contribution in [0.1, 0.15) is 25.7 Å². The normalized spacial score (nSPS) is 10.8. The molecule has 0 radical (unpaired) electrons. The summed E-state index contributed by atoms with van der Waals surface area (Å²) in [5.74, 6) is 1.77. The number of alkyl halides is 3. The number of terminal acetylenes is 1. The van der Waals surface area contributed by atoms with Crippen LogP contribution >= 0.6 is 0 Å². The van der Waals surface area contributed by atoms with Gasteiger partial charge in [-0.25, -0.2) is 0 Å². The van der Waals surface area contributed by atoms with Crippen LogP contribution in [0.5, 0.6) is 0 Å². The second-order valence-corrected chi connectivity index (χ2v) is 2.36. The van der Waals surface area contributed by atoms with Crippen molar-refractivity contribution in [1.82, 2.24) is 0 Å². The predicted octanol–water partition coefficient (Wildman–Crippen LogP) is 2.31. The molecule has 0 N–H and O–H groups in total. The average Bonchev–Trinajstić information content (AvgIpc) is 1.95. The lowest BCUT2D eigenvalue weighted by atomic mass is 10.1. The van der Waals surface area contributed by atoms with Crippen LogP contribution in [0.3, 0.4) is 0 Å². The fraction of sp³-hybridized carbons (Fsp3) is 0.625. The fourth-order valence-corrected chi connectivity index (χ4v) is 0.618. The maximum absolute atomic E-state index is 11.5. The van der Waals surface area contributed by atoms with Gasteiger partial charge in [-0.05, 0) is 0 Å². The Morgan fingerprint density at radius 2 is 1.92 bits per heavy atom. The summed E-state index contributed by atoms with van der Waals surface area (Å²) in [6.07, 6.45) is -0.641. The fourth-order valence-electron chi connectivity index (χ4n) is 0.618. The van der Waals surface area contributed by atoms with Crippen LogP contribution in [-0.4, -0.2) is 12.0 Å². The Kier molecular flexibility index (Phi) is 4.42. The second kappa shape index (κ2) is 4.81. The first-order valence-corrected chi connectivity index (χ1v) is 3.47. The Labute approximate surface area is 69.0 Å². The van der Waals surface area contributed by atoms with Gasteiger partial charge in [-0.1, -0.05) is 0 Å². The highest BCUT2D eigenvalue weighted by atomic mass is 19.4. The highest BCUT2D eigenvalue weighted by Gasteiger charge is 2.27. The molecule has 0 aliphatic carbocycles. The van der Waals surface area contributed by atoms with E-state index in [0.29, 0.717) is 0 Å². The lowest BCUT2D eigenvalue weighted by Gasteiger charge is -2.03. The van der Waals surface area contributed by atoms with Crippen molar-refractivity contribution in [3.05, 3.63) is 0 Å². The van der Waals surface area contributed by atoms with Gasteiger partial charge in [-0.2, -0.15) is 13.2 Å². The van der Waals surface area contributed by atoms with Crippen molar-refractivity contribution in [1.29, 1.82) is 0 Å². The lowest BCUT2D eigenvalue weighted by Crippen LogP contribution is -2.10. The van der Waals surface area contributed by atoms with Crippen LogP contribution in [0.25, 0.3) is 0 Å². The molecule has 0 saturated carbocycles. The Morgan fingerprint density at radius 3 is 2.33 bits per heavy atom. The molecule has 0 fully saturated rings. The molecule has 0 aliphatic heterocycles. The molecule has 0 amide bonds. The molecule has 0 atom stereocenters. The van der Waals surface area contributed by atoms with Crippen molar-refractivity contribution in [3.63, 3.8) is 0 Å². The molecular formula is C8H9F3O. The molecule has 0 bridgehead atoms. The number of carbonyl (C=O) groups excluding carboxylic acids is 1. The Morgan fingerprint density at radius 1 is 1.33 bits per heavy atom. The molecule has 0 saturated heterocycles. The zero-order chi connectivity index (χ0) is 9.61. The van der Waals surface area contributed by atoms with E-state index in [1.54, 1.807) is 0 Å². The highest BCUT2D eigenvalue weighted by Crippen LogP contribution is 2.21. The summed E-state index contributed by atoms with van der Waals surface area (Å²) in [5.41, 5.74) is 0. The molecular weight excluding hydrogens is 169 g/mol. The number of rotatable bonds is 4. The number of ketones is 1. The van der Waals surface area contributed by atoms with Gasteiger partial charge in [0.05, 0.1) is 6.42 Å². The minimum atomic E-state index is -4.24. The van der Waals surface area contributed by atoms with Crippen LogP contribution in [0.4, 0.5) is 13.2 Å². The van der Waals surface area contributed by atoms with E-state index in [1.165, 1.54) is 0 Å². The van der Waals surface area contributed by atoms with Crippen LogP contribution in [0, 0.1) is 12.3 Å². The number of hydrogen-bond acceptors (Lipinski definition) is 1. The van der Waals surface area contributed by atoms with E-state index in [-0.39, 0.29) is 12.8 Å². The van der Waals surface area contributed by atoms with Crippen molar-refractivity contribution in [2.75, 3.05) is 0 Å². The van der Waals surface area contributed by atoms with Gasteiger partial charge in [0.2, 0.25) is 0 Å². The standard InChI is InChI=1S/C8H9F3O/c1-2-3-4-7(12)5-6-8(9,10)11/h1H,3-6H2. The van der Waals surface area contributed by atoms with Crippen molar-refractivity contribution >= 4 is 5.78 Å². The van der Waals surface area contributed by atoms with Gasteiger partial charge in [-0.3, -0.25) is 4.79 Å². The lowest BCUT2D eigenvalue weighted by molar-refractivity contribution is -0.143. The Hall–Kier alpha value is -0.980. The number of Topliss-reactive ketones (excluding diaryl/α,β-unsaturated/α-hetero) is 1. The largest absolute Gasteiger partial charge is 0.389 e. The summed E-state index contributed by atoms with van der Waals surface area (Å²) in [5, 5.41) is 0. The molecule has 0 heterocycles. The molecule has 68 valence electrons. The SMILES string of the molecule is C#CCCC(=O)CCC(F)(F)F. The molecule has 0 spiro atoms. The molecule has 0 aromatic rings. The molecule has 0 aromatic heterocycles. The van der Waals surface area contributed by atoms with E-state index >= 15 is 0 Å². The zero-order valence-electron chi connectivity index (χ0n) is 6.45. The smallest absolute Gasteiger partial charge is 0.300 e. The molecule has 0 aromatic carbocycles. The summed E-state index contributed by atoms with van der Waals surface area (Å²) in [6, 6.07) is 0. The first-order chi connectivity index (χ1) is 5.45. The summed E-state index contributed by atoms with van der Waals surface area (Å²) >= 11 is 0. The van der Waals surface area contributed by atoms with Crippen LogP contribution in [-0.2, 0) is 4.79 Å². The maximum Gasteiger partial charge on any atom is 0.389 e. The third-order valence-corrected chi connectivity index (χ3v) is 1.24. The zero-order valence-corrected chi connectivity index (χ0v) is 6.45. The van der Waals surface area contributed by atoms with Gasteiger partial charge in [-0.15, -0.1) is 12.3 Å². The quantitative estimate of drug-likeness (QED) is 0.604. The molecule has 12 heavy (non-hydrogen) atoms. The summed E-state index contributed by atoms with van der Waals surface area (Å²) in [6.45, 7) is 0. The van der Waals surface area contributed by atoms with Gasteiger partial charge in [0.15, 0.2) is 0 Å².